The Bertz CT molecular complexity index is 238. The van der Waals surface area contributed by atoms with Crippen molar-refractivity contribution in [1.29, 1.82) is 0 Å². The lowest BCUT2D eigenvalue weighted by atomic mass is 10.2. The second-order valence-electron chi connectivity index (χ2n) is 6.70. The van der Waals surface area contributed by atoms with Crippen LogP contribution in [0.4, 0.5) is 0 Å². The molecule has 1 saturated heterocycles. The molecule has 0 saturated carbocycles. The Labute approximate surface area is 108 Å². The smallest absolute Gasteiger partial charge is 0.192 e. The highest BCUT2D eigenvalue weighted by atomic mass is 28.4. The second-order valence-corrected chi connectivity index (χ2v) is 11.5. The third-order valence-electron chi connectivity index (χ3n) is 4.29. The lowest BCUT2D eigenvalue weighted by Gasteiger charge is -2.38. The zero-order valence-corrected chi connectivity index (χ0v) is 13.5. The van der Waals surface area contributed by atoms with Gasteiger partial charge >= 0.3 is 0 Å². The van der Waals surface area contributed by atoms with E-state index in [0.29, 0.717) is 11.1 Å². The van der Waals surface area contributed by atoms with Crippen LogP contribution in [0.2, 0.25) is 18.1 Å². The molecule has 0 aromatic heterocycles. The molecule has 1 aliphatic rings. The third kappa shape index (κ3) is 4.36. The molecule has 102 valence electrons. The molecule has 0 unspecified atom stereocenters. The van der Waals surface area contributed by atoms with Gasteiger partial charge in [-0.05, 0) is 25.1 Å². The summed E-state index contributed by atoms with van der Waals surface area (Å²) in [6.07, 6.45) is 0. The van der Waals surface area contributed by atoms with Crippen LogP contribution in [-0.2, 0) is 4.43 Å². The minimum atomic E-state index is -1.55. The van der Waals surface area contributed by atoms with Gasteiger partial charge in [-0.15, -0.1) is 0 Å². The van der Waals surface area contributed by atoms with E-state index in [-0.39, 0.29) is 0 Å². The molecular weight excluding hydrogens is 228 g/mol. The molecule has 3 nitrogen and oxygen atoms in total. The van der Waals surface area contributed by atoms with Crippen LogP contribution >= 0.6 is 0 Å². The van der Waals surface area contributed by atoms with Crippen LogP contribution in [0.3, 0.4) is 0 Å². The summed E-state index contributed by atoms with van der Waals surface area (Å²) < 4.78 is 6.22. The normalized spacial score (nSPS) is 24.0. The molecule has 1 atom stereocenters. The van der Waals surface area contributed by atoms with E-state index in [1.165, 1.54) is 0 Å². The molecule has 1 N–H and O–H groups in total. The molecule has 1 rings (SSSR count). The monoisotopic (exact) mass is 258 g/mol. The first-order valence-corrected chi connectivity index (χ1v) is 9.73. The summed E-state index contributed by atoms with van der Waals surface area (Å²) in [5, 5.41) is 3.74. The molecule has 0 aromatic rings. The molecule has 0 bridgehead atoms. The fraction of sp³-hybridized carbons (Fsp3) is 1.00. The number of rotatable bonds is 4. The van der Waals surface area contributed by atoms with E-state index in [1.54, 1.807) is 0 Å². The summed E-state index contributed by atoms with van der Waals surface area (Å²) >= 11 is 0. The SMILES string of the molecule is C[C@@H]1CNCCN1CCO[Si](C)(C)C(C)(C)C. The molecule has 0 radical (unpaired) electrons. The van der Waals surface area contributed by atoms with Gasteiger partial charge in [-0.3, -0.25) is 4.90 Å². The summed E-state index contributed by atoms with van der Waals surface area (Å²) in [7, 11) is -1.55. The zero-order valence-electron chi connectivity index (χ0n) is 12.5. The average molecular weight is 258 g/mol. The molecule has 1 aliphatic heterocycles. The van der Waals surface area contributed by atoms with E-state index in [1.807, 2.05) is 0 Å². The molecule has 17 heavy (non-hydrogen) atoms. The minimum absolute atomic E-state index is 0.321. The number of hydrogen-bond acceptors (Lipinski definition) is 3. The average Bonchev–Trinajstić information content (AvgIpc) is 2.19. The van der Waals surface area contributed by atoms with Gasteiger partial charge in [0.05, 0.1) is 0 Å². The zero-order chi connectivity index (χ0) is 13.1. The Morgan fingerprint density at radius 2 is 2.00 bits per heavy atom. The highest BCUT2D eigenvalue weighted by molar-refractivity contribution is 6.74. The van der Waals surface area contributed by atoms with E-state index in [2.05, 4.69) is 51.0 Å². The molecule has 0 aromatic carbocycles. The van der Waals surface area contributed by atoms with Crippen molar-refractivity contribution in [1.82, 2.24) is 10.2 Å². The van der Waals surface area contributed by atoms with Crippen LogP contribution in [-0.4, -0.2) is 52.0 Å². The molecule has 0 aliphatic carbocycles. The Morgan fingerprint density at radius 3 is 2.53 bits per heavy atom. The lowest BCUT2D eigenvalue weighted by molar-refractivity contribution is 0.138. The third-order valence-corrected chi connectivity index (χ3v) is 8.82. The molecule has 0 spiro atoms. The van der Waals surface area contributed by atoms with E-state index >= 15 is 0 Å². The van der Waals surface area contributed by atoms with E-state index in [4.69, 9.17) is 4.43 Å². The predicted octanol–water partition coefficient (Wildman–Crippen LogP) is 2.30. The first-order chi connectivity index (χ1) is 7.74. The topological polar surface area (TPSA) is 24.5 Å². The number of piperazine rings is 1. The van der Waals surface area contributed by atoms with E-state index < -0.39 is 8.32 Å². The van der Waals surface area contributed by atoms with Crippen molar-refractivity contribution in [3.8, 4) is 0 Å². The molecule has 1 fully saturated rings. The number of hydrogen-bond donors (Lipinski definition) is 1. The highest BCUT2D eigenvalue weighted by Crippen LogP contribution is 2.36. The first kappa shape index (κ1) is 15.2. The standard InChI is InChI=1S/C13H30N2OSi/c1-12-11-14-7-8-15(12)9-10-16-17(5,6)13(2,3)4/h12,14H,7-11H2,1-6H3/t12-/m1/s1. The molecule has 1 heterocycles. The Balaban J connectivity index is 2.32. The summed E-state index contributed by atoms with van der Waals surface area (Å²) in [5.41, 5.74) is 0. The van der Waals surface area contributed by atoms with Gasteiger partial charge in [0, 0.05) is 38.8 Å². The number of nitrogens with zero attached hydrogens (tertiary/aromatic N) is 1. The van der Waals surface area contributed by atoms with Crippen molar-refractivity contribution in [2.45, 2.75) is 51.9 Å². The van der Waals surface area contributed by atoms with E-state index in [0.717, 1.165) is 32.8 Å². The maximum atomic E-state index is 6.22. The maximum absolute atomic E-state index is 6.22. The summed E-state index contributed by atoms with van der Waals surface area (Å²) in [6.45, 7) is 19.2. The summed E-state index contributed by atoms with van der Waals surface area (Å²) in [6, 6.07) is 0.645. The fourth-order valence-corrected chi connectivity index (χ4v) is 2.88. The Morgan fingerprint density at radius 1 is 1.35 bits per heavy atom. The van der Waals surface area contributed by atoms with Crippen molar-refractivity contribution >= 4 is 8.32 Å². The molecular formula is C13H30N2OSi. The largest absolute Gasteiger partial charge is 0.416 e. The van der Waals surface area contributed by atoms with Gasteiger partial charge in [-0.1, -0.05) is 20.8 Å². The van der Waals surface area contributed by atoms with Crippen LogP contribution in [0.15, 0.2) is 0 Å². The quantitative estimate of drug-likeness (QED) is 0.783. The minimum Gasteiger partial charge on any atom is -0.416 e. The van der Waals surface area contributed by atoms with Crippen LogP contribution in [0.25, 0.3) is 0 Å². The van der Waals surface area contributed by atoms with E-state index in [9.17, 15) is 0 Å². The van der Waals surface area contributed by atoms with Crippen molar-refractivity contribution in [3.05, 3.63) is 0 Å². The maximum Gasteiger partial charge on any atom is 0.192 e. The van der Waals surface area contributed by atoms with Crippen LogP contribution < -0.4 is 5.32 Å². The summed E-state index contributed by atoms with van der Waals surface area (Å²) in [4.78, 5) is 2.53. The molecule has 0 amide bonds. The molecule has 4 heteroatoms. The van der Waals surface area contributed by atoms with Crippen LogP contribution in [0.5, 0.6) is 0 Å². The van der Waals surface area contributed by atoms with Crippen LogP contribution in [0, 0.1) is 0 Å². The van der Waals surface area contributed by atoms with Crippen molar-refractivity contribution in [2.24, 2.45) is 0 Å². The Hall–Kier alpha value is 0.0969. The fourth-order valence-electron chi connectivity index (χ4n) is 1.85. The number of nitrogens with one attached hydrogen (secondary N) is 1. The van der Waals surface area contributed by atoms with Gasteiger partial charge < -0.3 is 9.74 Å². The summed E-state index contributed by atoms with van der Waals surface area (Å²) in [5.74, 6) is 0. The van der Waals surface area contributed by atoms with Gasteiger partial charge in [0.25, 0.3) is 0 Å². The highest BCUT2D eigenvalue weighted by Gasteiger charge is 2.37. The first-order valence-electron chi connectivity index (χ1n) is 6.83. The van der Waals surface area contributed by atoms with Gasteiger partial charge in [0.15, 0.2) is 8.32 Å². The Kier molecular flexibility index (Phi) is 5.19. The predicted molar refractivity (Wildman–Crippen MR) is 77.1 cm³/mol. The van der Waals surface area contributed by atoms with Crippen molar-refractivity contribution < 1.29 is 4.43 Å². The van der Waals surface area contributed by atoms with Crippen LogP contribution in [0.1, 0.15) is 27.7 Å². The van der Waals surface area contributed by atoms with Gasteiger partial charge in [0.2, 0.25) is 0 Å². The van der Waals surface area contributed by atoms with Gasteiger partial charge in [-0.2, -0.15) is 0 Å². The van der Waals surface area contributed by atoms with Crippen molar-refractivity contribution in [2.75, 3.05) is 32.8 Å². The van der Waals surface area contributed by atoms with Crippen molar-refractivity contribution in [3.63, 3.8) is 0 Å². The lowest BCUT2D eigenvalue weighted by Crippen LogP contribution is -2.51. The van der Waals surface area contributed by atoms with Gasteiger partial charge in [0.1, 0.15) is 0 Å². The second kappa shape index (κ2) is 5.82. The van der Waals surface area contributed by atoms with Gasteiger partial charge in [-0.25, -0.2) is 0 Å².